The van der Waals surface area contributed by atoms with E-state index < -0.39 is 29.2 Å². The first-order valence-electron chi connectivity index (χ1n) is 10.9. The number of aliphatic carboxylic acids is 1. The van der Waals surface area contributed by atoms with Crippen LogP contribution in [0.3, 0.4) is 0 Å². The summed E-state index contributed by atoms with van der Waals surface area (Å²) < 4.78 is 16.1. The summed E-state index contributed by atoms with van der Waals surface area (Å²) in [5.41, 5.74) is 0.205. The van der Waals surface area contributed by atoms with Crippen LogP contribution in [0.15, 0.2) is 36.4 Å². The number of aliphatic hydroxyl groups is 1. The number of carboxylic acid groups (broad SMARTS) is 1. The van der Waals surface area contributed by atoms with Crippen molar-refractivity contribution < 1.29 is 24.2 Å². The lowest BCUT2D eigenvalue weighted by molar-refractivity contribution is -0.156. The van der Waals surface area contributed by atoms with Gasteiger partial charge in [-0.05, 0) is 55.9 Å². The highest BCUT2D eigenvalue weighted by Crippen LogP contribution is 2.44. The SMILES string of the molecule is CC1(C(=O)O)CCN(c2nn(C(=O)c3c(Cl)cccc3C3CC3)c3cccc(F)c23)C[C@@H]1O. The first kappa shape index (κ1) is 21.9. The Bertz CT molecular complexity index is 1290. The Morgan fingerprint density at radius 3 is 2.61 bits per heavy atom. The Morgan fingerprint density at radius 2 is 1.94 bits per heavy atom. The third-order valence-electron chi connectivity index (χ3n) is 6.93. The van der Waals surface area contributed by atoms with Crippen molar-refractivity contribution in [1.82, 2.24) is 9.78 Å². The number of carbonyl (C=O) groups is 2. The molecule has 0 amide bonds. The molecule has 7 nitrogen and oxygen atoms in total. The molecular formula is C24H23ClFN3O4. The fourth-order valence-electron chi connectivity index (χ4n) is 4.57. The lowest BCUT2D eigenvalue weighted by Crippen LogP contribution is -2.53. The Labute approximate surface area is 194 Å². The molecule has 1 unspecified atom stereocenters. The molecule has 1 saturated carbocycles. The lowest BCUT2D eigenvalue weighted by Gasteiger charge is -2.40. The summed E-state index contributed by atoms with van der Waals surface area (Å²) in [4.78, 5) is 26.9. The van der Waals surface area contributed by atoms with Gasteiger partial charge in [-0.3, -0.25) is 9.59 Å². The third kappa shape index (κ3) is 3.48. The summed E-state index contributed by atoms with van der Waals surface area (Å²) in [7, 11) is 0. The summed E-state index contributed by atoms with van der Waals surface area (Å²) in [6.45, 7) is 1.69. The van der Waals surface area contributed by atoms with Gasteiger partial charge in [-0.15, -0.1) is 5.10 Å². The largest absolute Gasteiger partial charge is 0.481 e. The smallest absolute Gasteiger partial charge is 0.312 e. The van der Waals surface area contributed by atoms with Crippen LogP contribution in [-0.4, -0.2) is 51.1 Å². The first-order chi connectivity index (χ1) is 15.7. The first-order valence-corrected chi connectivity index (χ1v) is 11.3. The summed E-state index contributed by atoms with van der Waals surface area (Å²) in [5, 5.41) is 25.0. The van der Waals surface area contributed by atoms with E-state index in [2.05, 4.69) is 5.10 Å². The van der Waals surface area contributed by atoms with E-state index in [1.165, 1.54) is 19.1 Å². The van der Waals surface area contributed by atoms with E-state index in [1.54, 1.807) is 17.0 Å². The molecule has 2 fully saturated rings. The zero-order chi connectivity index (χ0) is 23.5. The molecule has 172 valence electrons. The molecule has 1 aliphatic carbocycles. The number of carbonyl (C=O) groups excluding carboxylic acids is 1. The van der Waals surface area contributed by atoms with E-state index in [0.717, 1.165) is 23.1 Å². The normalized spacial score (nSPS) is 23.2. The van der Waals surface area contributed by atoms with E-state index in [0.29, 0.717) is 10.6 Å². The van der Waals surface area contributed by atoms with E-state index in [9.17, 15) is 24.2 Å². The predicted molar refractivity (Wildman–Crippen MR) is 121 cm³/mol. The Kier molecular flexibility index (Phi) is 5.17. The highest BCUT2D eigenvalue weighted by atomic mass is 35.5. The number of nitrogens with zero attached hydrogens (tertiary/aromatic N) is 3. The van der Waals surface area contributed by atoms with Gasteiger partial charge in [-0.1, -0.05) is 29.8 Å². The molecule has 1 saturated heterocycles. The van der Waals surface area contributed by atoms with Crippen LogP contribution < -0.4 is 4.90 Å². The van der Waals surface area contributed by atoms with Crippen molar-refractivity contribution in [3.05, 3.63) is 58.4 Å². The van der Waals surface area contributed by atoms with Gasteiger partial charge in [0.2, 0.25) is 0 Å². The van der Waals surface area contributed by atoms with Gasteiger partial charge in [0, 0.05) is 13.1 Å². The van der Waals surface area contributed by atoms with Gasteiger partial charge >= 0.3 is 5.97 Å². The fourth-order valence-corrected chi connectivity index (χ4v) is 4.83. The highest BCUT2D eigenvalue weighted by molar-refractivity contribution is 6.34. The van der Waals surface area contributed by atoms with Crippen LogP contribution >= 0.6 is 11.6 Å². The van der Waals surface area contributed by atoms with E-state index in [-0.39, 0.29) is 42.1 Å². The van der Waals surface area contributed by atoms with Gasteiger partial charge in [0.05, 0.1) is 33.0 Å². The molecule has 9 heteroatoms. The second kappa shape index (κ2) is 7.81. The molecule has 2 aliphatic rings. The maximum Gasteiger partial charge on any atom is 0.312 e. The summed E-state index contributed by atoms with van der Waals surface area (Å²) in [6, 6.07) is 9.76. The van der Waals surface area contributed by atoms with Crippen molar-refractivity contribution >= 4 is 40.2 Å². The van der Waals surface area contributed by atoms with E-state index in [4.69, 9.17) is 11.6 Å². The number of halogens is 2. The molecule has 0 bridgehead atoms. The second-order valence-corrected chi connectivity index (χ2v) is 9.49. The van der Waals surface area contributed by atoms with Gasteiger partial charge in [-0.2, -0.15) is 4.68 Å². The molecule has 1 aliphatic heterocycles. The monoisotopic (exact) mass is 471 g/mol. The number of hydrogen-bond acceptors (Lipinski definition) is 5. The molecular weight excluding hydrogens is 449 g/mol. The number of β-amino-alcohol motifs (C(OH)–C–C–N with tert-alkyl or cyclic N) is 1. The number of carboxylic acids is 1. The van der Waals surface area contributed by atoms with Crippen LogP contribution in [0.5, 0.6) is 0 Å². The molecule has 2 aromatic carbocycles. The minimum atomic E-state index is -1.31. The minimum Gasteiger partial charge on any atom is -0.481 e. The lowest BCUT2D eigenvalue weighted by atomic mass is 9.78. The molecule has 33 heavy (non-hydrogen) atoms. The number of hydrogen-bond donors (Lipinski definition) is 2. The summed E-state index contributed by atoms with van der Waals surface area (Å²) in [6.07, 6.45) is 0.927. The highest BCUT2D eigenvalue weighted by Gasteiger charge is 2.45. The number of aliphatic hydroxyl groups excluding tert-OH is 1. The third-order valence-corrected chi connectivity index (χ3v) is 7.24. The van der Waals surface area contributed by atoms with Crippen molar-refractivity contribution in [2.45, 2.75) is 38.2 Å². The topological polar surface area (TPSA) is 95.7 Å². The standard InChI is InChI=1S/C24H23ClFN3O4/c1-24(23(32)33)10-11-28(12-18(24)30)21-20-16(26)6-3-7-17(20)29(27-21)22(31)19-14(13-8-9-13)4-2-5-15(19)25/h2-7,13,18,30H,8-12H2,1H3,(H,32,33)/t18-,24?/m0/s1. The van der Waals surface area contributed by atoms with E-state index in [1.807, 2.05) is 12.1 Å². The average molecular weight is 472 g/mol. The number of benzene rings is 2. The Morgan fingerprint density at radius 1 is 1.21 bits per heavy atom. The van der Waals surface area contributed by atoms with Gasteiger partial charge in [0.15, 0.2) is 5.82 Å². The number of piperidine rings is 1. The molecule has 0 spiro atoms. The molecule has 2 atom stereocenters. The van der Waals surface area contributed by atoms with E-state index >= 15 is 0 Å². The van der Waals surface area contributed by atoms with Crippen molar-refractivity contribution in [1.29, 1.82) is 0 Å². The van der Waals surface area contributed by atoms with Crippen molar-refractivity contribution in [2.75, 3.05) is 18.0 Å². The quantitative estimate of drug-likeness (QED) is 0.596. The summed E-state index contributed by atoms with van der Waals surface area (Å²) >= 11 is 6.43. The van der Waals surface area contributed by atoms with Crippen molar-refractivity contribution in [3.8, 4) is 0 Å². The zero-order valence-corrected chi connectivity index (χ0v) is 18.7. The van der Waals surface area contributed by atoms with Gasteiger partial charge < -0.3 is 15.1 Å². The maximum atomic E-state index is 15.0. The average Bonchev–Trinajstić information content (AvgIpc) is 3.55. The number of rotatable bonds is 4. The molecule has 2 N–H and O–H groups in total. The van der Waals surface area contributed by atoms with Crippen LogP contribution in [-0.2, 0) is 4.79 Å². The number of anilines is 1. The fraction of sp³-hybridized carbons (Fsp3) is 0.375. The zero-order valence-electron chi connectivity index (χ0n) is 18.0. The predicted octanol–water partition coefficient (Wildman–Crippen LogP) is 4.06. The molecule has 2 heterocycles. The second-order valence-electron chi connectivity index (χ2n) is 9.09. The van der Waals surface area contributed by atoms with Crippen LogP contribution in [0.1, 0.15) is 48.0 Å². The van der Waals surface area contributed by atoms with Crippen LogP contribution in [0, 0.1) is 11.2 Å². The minimum absolute atomic E-state index is 0.0448. The van der Waals surface area contributed by atoms with Gasteiger partial charge in [0.1, 0.15) is 5.82 Å². The van der Waals surface area contributed by atoms with Crippen molar-refractivity contribution in [3.63, 3.8) is 0 Å². The Balaban J connectivity index is 1.61. The van der Waals surface area contributed by atoms with Crippen LogP contribution in [0.4, 0.5) is 10.2 Å². The molecule has 5 rings (SSSR count). The number of fused-ring (bicyclic) bond motifs is 1. The molecule has 1 aromatic heterocycles. The van der Waals surface area contributed by atoms with Crippen LogP contribution in [0.2, 0.25) is 5.02 Å². The number of aromatic nitrogens is 2. The van der Waals surface area contributed by atoms with Gasteiger partial charge in [-0.25, -0.2) is 4.39 Å². The molecule has 0 radical (unpaired) electrons. The Hall–Kier alpha value is -2.97. The van der Waals surface area contributed by atoms with Gasteiger partial charge in [0.25, 0.3) is 5.91 Å². The maximum absolute atomic E-state index is 15.0. The van der Waals surface area contributed by atoms with Crippen molar-refractivity contribution in [2.24, 2.45) is 5.41 Å². The summed E-state index contributed by atoms with van der Waals surface area (Å²) in [5.74, 6) is -1.62. The van der Waals surface area contributed by atoms with Crippen LogP contribution in [0.25, 0.3) is 10.9 Å². The molecule has 3 aromatic rings.